The summed E-state index contributed by atoms with van der Waals surface area (Å²) in [6.45, 7) is 4.39. The molecular weight excluding hydrogens is 320 g/mol. The Morgan fingerprint density at radius 2 is 1.81 bits per heavy atom. The fourth-order valence-corrected chi connectivity index (χ4v) is 9.02. The molecule has 1 spiro atoms. The number of hydrogen-bond donors (Lipinski definition) is 1. The Morgan fingerprint density at radius 3 is 2.62 bits per heavy atom. The molecule has 0 aromatic rings. The van der Waals surface area contributed by atoms with Gasteiger partial charge in [-0.3, -0.25) is 4.79 Å². The molecular formula is C24H36O2. The van der Waals surface area contributed by atoms with Gasteiger partial charge in [-0.2, -0.15) is 0 Å². The lowest BCUT2D eigenvalue weighted by Gasteiger charge is -2.62. The average molecular weight is 357 g/mol. The summed E-state index contributed by atoms with van der Waals surface area (Å²) in [6.07, 6.45) is 17.2. The van der Waals surface area contributed by atoms with Crippen LogP contribution in [0.25, 0.3) is 0 Å². The number of aliphatic hydroxyl groups is 1. The Kier molecular flexibility index (Phi) is 3.98. The number of fused-ring (bicyclic) bond motifs is 4. The first-order valence-electron chi connectivity index (χ1n) is 11.3. The summed E-state index contributed by atoms with van der Waals surface area (Å²) in [4.78, 5) is 12.3. The van der Waals surface area contributed by atoms with Crippen LogP contribution in [-0.2, 0) is 4.79 Å². The Hall–Kier alpha value is -0.630. The number of allylic oxidation sites excluding steroid dienone is 2. The van der Waals surface area contributed by atoms with E-state index in [0.29, 0.717) is 22.5 Å². The molecule has 0 aliphatic heterocycles. The summed E-state index contributed by atoms with van der Waals surface area (Å²) in [5, 5.41) is 10.2. The number of aliphatic hydroxyl groups excluding tert-OH is 1. The first-order chi connectivity index (χ1) is 12.5. The van der Waals surface area contributed by atoms with E-state index in [1.165, 1.54) is 51.4 Å². The van der Waals surface area contributed by atoms with Crippen LogP contribution in [0.5, 0.6) is 0 Å². The van der Waals surface area contributed by atoms with E-state index in [9.17, 15) is 9.90 Å². The Labute approximate surface area is 158 Å². The van der Waals surface area contributed by atoms with Crippen LogP contribution in [0.3, 0.4) is 0 Å². The van der Waals surface area contributed by atoms with Crippen LogP contribution in [0.1, 0.15) is 78.1 Å². The summed E-state index contributed by atoms with van der Waals surface area (Å²) in [7, 11) is 0. The van der Waals surface area contributed by atoms with Crippen LogP contribution < -0.4 is 0 Å². The molecule has 2 nitrogen and oxygen atoms in total. The predicted molar refractivity (Wildman–Crippen MR) is 103 cm³/mol. The molecule has 4 fully saturated rings. The van der Waals surface area contributed by atoms with Gasteiger partial charge in [-0.15, -0.1) is 0 Å². The lowest BCUT2D eigenvalue weighted by molar-refractivity contribution is -0.138. The van der Waals surface area contributed by atoms with Crippen LogP contribution in [-0.4, -0.2) is 17.0 Å². The van der Waals surface area contributed by atoms with E-state index in [1.807, 2.05) is 6.92 Å². The third kappa shape index (κ3) is 2.23. The SMILES string of the molecule is CC(=O)[C@@H]1C=CC[C@@]23CCC4C(CC[C@H]5C[C@H](O)CC[C@]45C)C2CC[C@H]13. The molecule has 3 unspecified atom stereocenters. The van der Waals surface area contributed by atoms with Crippen molar-refractivity contribution in [1.82, 2.24) is 0 Å². The molecule has 9 atom stereocenters. The minimum Gasteiger partial charge on any atom is -0.393 e. The predicted octanol–water partition coefficient (Wildman–Crippen LogP) is 5.15. The minimum atomic E-state index is -0.0461. The second-order valence-corrected chi connectivity index (χ2v) is 10.8. The summed E-state index contributed by atoms with van der Waals surface area (Å²) < 4.78 is 0. The normalized spacial score (nSPS) is 55.4. The number of carbonyl (C=O) groups excluding carboxylic acids is 1. The zero-order chi connectivity index (χ0) is 18.1. The molecule has 0 radical (unpaired) electrons. The van der Waals surface area contributed by atoms with Crippen molar-refractivity contribution >= 4 is 5.78 Å². The van der Waals surface area contributed by atoms with Gasteiger partial charge in [0.2, 0.25) is 0 Å². The van der Waals surface area contributed by atoms with Crippen LogP contribution >= 0.6 is 0 Å². The van der Waals surface area contributed by atoms with Gasteiger partial charge in [0.05, 0.1) is 6.10 Å². The molecule has 2 heteroatoms. The maximum atomic E-state index is 12.3. The van der Waals surface area contributed by atoms with Gasteiger partial charge < -0.3 is 5.11 Å². The zero-order valence-corrected chi connectivity index (χ0v) is 16.6. The highest BCUT2D eigenvalue weighted by Gasteiger charge is 2.62. The highest BCUT2D eigenvalue weighted by atomic mass is 16.3. The number of ketones is 1. The number of rotatable bonds is 1. The van der Waals surface area contributed by atoms with E-state index in [-0.39, 0.29) is 12.0 Å². The molecule has 5 aliphatic carbocycles. The van der Waals surface area contributed by atoms with Crippen LogP contribution in [0, 0.1) is 46.3 Å². The second-order valence-electron chi connectivity index (χ2n) is 10.8. The van der Waals surface area contributed by atoms with Crippen molar-refractivity contribution in [2.75, 3.05) is 0 Å². The largest absolute Gasteiger partial charge is 0.393 e. The summed E-state index contributed by atoms with van der Waals surface area (Å²) in [5.41, 5.74) is 0.899. The minimum absolute atomic E-state index is 0.0461. The highest BCUT2D eigenvalue weighted by Crippen LogP contribution is 2.70. The second kappa shape index (κ2) is 5.93. The Bertz CT molecular complexity index is 624. The summed E-state index contributed by atoms with van der Waals surface area (Å²) in [6, 6.07) is 0. The number of hydrogen-bond acceptors (Lipinski definition) is 2. The molecule has 144 valence electrons. The summed E-state index contributed by atoms with van der Waals surface area (Å²) in [5.74, 6) is 4.55. The van der Waals surface area contributed by atoms with Gasteiger partial charge in [-0.25, -0.2) is 0 Å². The van der Waals surface area contributed by atoms with Gasteiger partial charge in [-0.1, -0.05) is 19.1 Å². The fourth-order valence-electron chi connectivity index (χ4n) is 9.02. The van der Waals surface area contributed by atoms with E-state index < -0.39 is 0 Å². The standard InChI is InChI=1S/C24H36O2/c1-15(25)18-4-3-11-24-13-10-20-19(22(24)8-7-21(18)24)6-5-16-14-17(26)9-12-23(16,20)2/h3-4,16-22,26H,5-14H2,1-2H3/t16-,17+,18-,19?,20?,21+,22?,23-,24-/m0/s1. The van der Waals surface area contributed by atoms with Gasteiger partial charge in [0.1, 0.15) is 5.78 Å². The number of carbonyl (C=O) groups is 1. The lowest BCUT2D eigenvalue weighted by atomic mass is 9.43. The monoisotopic (exact) mass is 356 g/mol. The van der Waals surface area contributed by atoms with Crippen LogP contribution in [0.2, 0.25) is 0 Å². The van der Waals surface area contributed by atoms with E-state index in [2.05, 4.69) is 19.1 Å². The van der Waals surface area contributed by atoms with Crippen molar-refractivity contribution in [3.63, 3.8) is 0 Å². The molecule has 0 bridgehead atoms. The van der Waals surface area contributed by atoms with E-state index in [0.717, 1.165) is 36.5 Å². The average Bonchev–Trinajstić information content (AvgIpc) is 3.02. The molecule has 1 N–H and O–H groups in total. The molecule has 0 aromatic carbocycles. The maximum absolute atomic E-state index is 12.3. The van der Waals surface area contributed by atoms with Gasteiger partial charge in [0.25, 0.3) is 0 Å². The molecule has 0 saturated heterocycles. The van der Waals surface area contributed by atoms with Crippen molar-refractivity contribution in [3.8, 4) is 0 Å². The molecule has 5 rings (SSSR count). The topological polar surface area (TPSA) is 37.3 Å². The Balaban J connectivity index is 1.45. The summed E-state index contributed by atoms with van der Waals surface area (Å²) >= 11 is 0. The van der Waals surface area contributed by atoms with Gasteiger partial charge in [0.15, 0.2) is 0 Å². The van der Waals surface area contributed by atoms with Gasteiger partial charge in [0, 0.05) is 5.92 Å². The van der Waals surface area contributed by atoms with Crippen molar-refractivity contribution in [3.05, 3.63) is 12.2 Å². The van der Waals surface area contributed by atoms with E-state index >= 15 is 0 Å². The first-order valence-corrected chi connectivity index (χ1v) is 11.3. The van der Waals surface area contributed by atoms with E-state index in [1.54, 1.807) is 0 Å². The smallest absolute Gasteiger partial charge is 0.136 e. The van der Waals surface area contributed by atoms with Gasteiger partial charge >= 0.3 is 0 Å². The molecule has 26 heavy (non-hydrogen) atoms. The van der Waals surface area contributed by atoms with Crippen molar-refractivity contribution in [2.45, 2.75) is 84.2 Å². The fraction of sp³-hybridized carbons (Fsp3) is 0.875. The van der Waals surface area contributed by atoms with Crippen LogP contribution in [0.4, 0.5) is 0 Å². The van der Waals surface area contributed by atoms with Gasteiger partial charge in [-0.05, 0) is 112 Å². The van der Waals surface area contributed by atoms with Crippen molar-refractivity contribution < 1.29 is 9.90 Å². The molecule has 5 aliphatic rings. The lowest BCUT2D eigenvalue weighted by Crippen LogP contribution is -2.55. The molecule has 0 aromatic heterocycles. The number of Topliss-reactive ketones (excluding diaryl/α,β-unsaturated/α-hetero) is 1. The first kappa shape index (κ1) is 17.5. The quantitative estimate of drug-likeness (QED) is 0.660. The zero-order valence-electron chi connectivity index (χ0n) is 16.6. The van der Waals surface area contributed by atoms with E-state index in [4.69, 9.17) is 0 Å². The van der Waals surface area contributed by atoms with Crippen molar-refractivity contribution in [1.29, 1.82) is 0 Å². The molecule has 0 amide bonds. The molecule has 4 saturated carbocycles. The third-order valence-corrected chi connectivity index (χ3v) is 10.2. The molecule has 0 heterocycles. The highest BCUT2D eigenvalue weighted by molar-refractivity contribution is 5.80. The van der Waals surface area contributed by atoms with Crippen molar-refractivity contribution in [2.24, 2.45) is 46.3 Å². The van der Waals surface area contributed by atoms with Crippen LogP contribution in [0.15, 0.2) is 12.2 Å². The third-order valence-electron chi connectivity index (χ3n) is 10.2. The maximum Gasteiger partial charge on any atom is 0.136 e. The Morgan fingerprint density at radius 1 is 1.00 bits per heavy atom.